The molecule has 0 unspecified atom stereocenters. The zero-order valence-corrected chi connectivity index (χ0v) is 17.5. The van der Waals surface area contributed by atoms with E-state index in [1.807, 2.05) is 0 Å². The highest BCUT2D eigenvalue weighted by Crippen LogP contribution is 2.23. The molecule has 0 aliphatic carbocycles. The molecule has 0 aliphatic heterocycles. The minimum Gasteiger partial charge on any atom is -0.439 e. The van der Waals surface area contributed by atoms with E-state index in [1.165, 1.54) is 4.57 Å². The smallest absolute Gasteiger partial charge is 0.420 e. The first kappa shape index (κ1) is 20.2. The molecule has 3 aromatic heterocycles. The van der Waals surface area contributed by atoms with Crippen molar-refractivity contribution in [1.82, 2.24) is 24.3 Å². The fourth-order valence-corrected chi connectivity index (χ4v) is 3.33. The highest BCUT2D eigenvalue weighted by atomic mass is 16.5. The van der Waals surface area contributed by atoms with Gasteiger partial charge >= 0.3 is 5.76 Å². The minimum absolute atomic E-state index is 0.162. The van der Waals surface area contributed by atoms with Crippen LogP contribution in [0.25, 0.3) is 16.9 Å². The number of fused-ring (bicyclic) bond motifs is 1. The number of amides is 1. The maximum atomic E-state index is 12.5. The van der Waals surface area contributed by atoms with E-state index in [2.05, 4.69) is 20.4 Å². The molecule has 0 aliphatic rings. The number of aryl methyl sites for hydroxylation is 1. The Balaban J connectivity index is 1.27. The Bertz CT molecular complexity index is 1490. The van der Waals surface area contributed by atoms with Crippen LogP contribution in [0.2, 0.25) is 0 Å². The van der Waals surface area contributed by atoms with E-state index in [-0.39, 0.29) is 12.5 Å². The quantitative estimate of drug-likeness (QED) is 0.429. The highest BCUT2D eigenvalue weighted by Gasteiger charge is 2.13. The second-order valence-corrected chi connectivity index (χ2v) is 7.16. The molecule has 10 nitrogen and oxygen atoms in total. The van der Waals surface area contributed by atoms with Crippen molar-refractivity contribution >= 4 is 22.7 Å². The van der Waals surface area contributed by atoms with Gasteiger partial charge in [0, 0.05) is 24.1 Å². The molecule has 0 saturated carbocycles. The molecule has 10 heteroatoms. The average molecular weight is 442 g/mol. The maximum Gasteiger partial charge on any atom is 0.420 e. The third-order valence-electron chi connectivity index (χ3n) is 4.78. The summed E-state index contributed by atoms with van der Waals surface area (Å²) >= 11 is 0. The molecule has 5 rings (SSSR count). The minimum atomic E-state index is -0.579. The van der Waals surface area contributed by atoms with Gasteiger partial charge in [0.15, 0.2) is 11.4 Å². The van der Waals surface area contributed by atoms with Gasteiger partial charge < -0.3 is 14.5 Å². The van der Waals surface area contributed by atoms with Gasteiger partial charge in [-0.25, -0.2) is 14.5 Å². The zero-order chi connectivity index (χ0) is 22.8. The summed E-state index contributed by atoms with van der Waals surface area (Å²) < 4.78 is 13.9. The normalized spacial score (nSPS) is 10.9. The van der Waals surface area contributed by atoms with Crippen molar-refractivity contribution in [2.75, 3.05) is 5.32 Å². The summed E-state index contributed by atoms with van der Waals surface area (Å²) in [5.74, 6) is 1.11. The van der Waals surface area contributed by atoms with Gasteiger partial charge in [0.1, 0.15) is 18.1 Å². The molecular weight excluding hydrogens is 424 g/mol. The van der Waals surface area contributed by atoms with Crippen molar-refractivity contribution in [1.29, 1.82) is 0 Å². The summed E-state index contributed by atoms with van der Waals surface area (Å²) in [6.45, 7) is 1.61. The molecule has 1 amide bonds. The van der Waals surface area contributed by atoms with E-state index < -0.39 is 5.76 Å². The predicted octanol–water partition coefficient (Wildman–Crippen LogP) is 3.31. The molecule has 33 heavy (non-hydrogen) atoms. The lowest BCUT2D eigenvalue weighted by Crippen LogP contribution is -2.24. The monoisotopic (exact) mass is 442 g/mol. The molecule has 0 fully saturated rings. The van der Waals surface area contributed by atoms with E-state index in [9.17, 15) is 9.59 Å². The van der Waals surface area contributed by atoms with Crippen molar-refractivity contribution < 1.29 is 13.9 Å². The van der Waals surface area contributed by atoms with Crippen molar-refractivity contribution in [2.24, 2.45) is 0 Å². The van der Waals surface area contributed by atoms with Crippen LogP contribution in [-0.2, 0) is 11.3 Å². The van der Waals surface area contributed by atoms with E-state index in [0.717, 1.165) is 0 Å². The number of nitrogens with one attached hydrogen (secondary N) is 1. The molecule has 0 atom stereocenters. The number of nitrogens with zero attached hydrogens (tertiary/aromatic N) is 5. The summed E-state index contributed by atoms with van der Waals surface area (Å²) in [5.41, 5.74) is 1.56. The van der Waals surface area contributed by atoms with E-state index in [0.29, 0.717) is 40.1 Å². The molecule has 0 bridgehead atoms. The van der Waals surface area contributed by atoms with Crippen LogP contribution in [0.5, 0.6) is 11.6 Å². The van der Waals surface area contributed by atoms with Gasteiger partial charge in [0.2, 0.25) is 11.8 Å². The van der Waals surface area contributed by atoms with Gasteiger partial charge in [-0.05, 0) is 49.4 Å². The van der Waals surface area contributed by atoms with Crippen molar-refractivity contribution in [3.63, 3.8) is 0 Å². The van der Waals surface area contributed by atoms with E-state index in [1.54, 1.807) is 84.7 Å². The SMILES string of the molecule is Cc1nc(Oc2ccc(NC(=O)Cn3c(=O)oc4ccccc43)cc2)cc(-n2cccn2)n1. The Morgan fingerprint density at radius 3 is 2.70 bits per heavy atom. The number of benzene rings is 2. The van der Waals surface area contributed by atoms with Gasteiger partial charge in [-0.3, -0.25) is 9.36 Å². The Labute approximate surface area is 187 Å². The van der Waals surface area contributed by atoms with Gasteiger partial charge in [0.25, 0.3) is 0 Å². The van der Waals surface area contributed by atoms with Crippen molar-refractivity contribution in [3.8, 4) is 17.4 Å². The second-order valence-electron chi connectivity index (χ2n) is 7.16. The zero-order valence-electron chi connectivity index (χ0n) is 17.5. The van der Waals surface area contributed by atoms with Crippen LogP contribution in [0, 0.1) is 6.92 Å². The Morgan fingerprint density at radius 1 is 1.09 bits per heavy atom. The Morgan fingerprint density at radius 2 is 1.91 bits per heavy atom. The van der Waals surface area contributed by atoms with E-state index >= 15 is 0 Å². The second kappa shape index (κ2) is 8.42. The third-order valence-corrected chi connectivity index (χ3v) is 4.78. The summed E-state index contributed by atoms with van der Waals surface area (Å²) in [6.07, 6.45) is 3.44. The summed E-state index contributed by atoms with van der Waals surface area (Å²) in [5, 5.41) is 6.93. The predicted molar refractivity (Wildman–Crippen MR) is 120 cm³/mol. The summed E-state index contributed by atoms with van der Waals surface area (Å²) in [7, 11) is 0. The number of anilines is 1. The van der Waals surface area contributed by atoms with E-state index in [4.69, 9.17) is 9.15 Å². The number of hydrogen-bond acceptors (Lipinski definition) is 7. The van der Waals surface area contributed by atoms with Crippen LogP contribution in [0.15, 0.2) is 82.3 Å². The molecule has 1 N–H and O–H groups in total. The molecular formula is C23H18N6O4. The van der Waals surface area contributed by atoms with Crippen LogP contribution in [0.3, 0.4) is 0 Å². The van der Waals surface area contributed by atoms with Gasteiger partial charge in [0.05, 0.1) is 5.52 Å². The number of oxazole rings is 1. The van der Waals surface area contributed by atoms with Gasteiger partial charge in [-0.15, -0.1) is 0 Å². The van der Waals surface area contributed by atoms with Crippen molar-refractivity contribution in [2.45, 2.75) is 13.5 Å². The fourth-order valence-electron chi connectivity index (χ4n) is 3.33. The Kier molecular flexibility index (Phi) is 5.15. The summed E-state index contributed by atoms with van der Waals surface area (Å²) in [4.78, 5) is 33.2. The van der Waals surface area contributed by atoms with Gasteiger partial charge in [-0.2, -0.15) is 10.1 Å². The number of hydrogen-bond donors (Lipinski definition) is 1. The number of carbonyl (C=O) groups excluding carboxylic acids is 1. The van der Waals surface area contributed by atoms with Crippen LogP contribution < -0.4 is 15.8 Å². The lowest BCUT2D eigenvalue weighted by atomic mass is 10.3. The van der Waals surface area contributed by atoms with Gasteiger partial charge in [-0.1, -0.05) is 12.1 Å². The molecule has 0 spiro atoms. The molecule has 2 aromatic carbocycles. The largest absolute Gasteiger partial charge is 0.439 e. The van der Waals surface area contributed by atoms with Crippen LogP contribution in [0.4, 0.5) is 5.69 Å². The number of ether oxygens (including phenoxy) is 1. The number of carbonyl (C=O) groups is 1. The molecule has 3 heterocycles. The van der Waals surface area contributed by atoms with Crippen LogP contribution in [0.1, 0.15) is 5.82 Å². The number of rotatable bonds is 6. The lowest BCUT2D eigenvalue weighted by Gasteiger charge is -2.09. The molecule has 0 saturated heterocycles. The number of para-hydroxylation sites is 2. The maximum absolute atomic E-state index is 12.5. The van der Waals surface area contributed by atoms with Crippen LogP contribution >= 0.6 is 0 Å². The topological polar surface area (TPSA) is 117 Å². The average Bonchev–Trinajstić information content (AvgIpc) is 3.44. The summed E-state index contributed by atoms with van der Waals surface area (Å²) in [6, 6.07) is 17.3. The molecule has 0 radical (unpaired) electrons. The fraction of sp³-hybridized carbons (Fsp3) is 0.0870. The molecule has 5 aromatic rings. The van der Waals surface area contributed by atoms with Crippen molar-refractivity contribution in [3.05, 3.63) is 89.4 Å². The standard InChI is InChI=1S/C23H18N6O4/c1-15-25-20(29-12-4-11-24-29)13-22(26-15)32-17-9-7-16(8-10-17)27-21(30)14-28-18-5-2-3-6-19(18)33-23(28)31/h2-13H,14H2,1H3,(H,27,30). The highest BCUT2D eigenvalue weighted by molar-refractivity contribution is 5.91. The first-order chi connectivity index (χ1) is 16.0. The number of aromatic nitrogens is 5. The Hall–Kier alpha value is -4.73. The first-order valence-electron chi connectivity index (χ1n) is 10.1. The lowest BCUT2D eigenvalue weighted by molar-refractivity contribution is -0.116. The van der Waals surface area contributed by atoms with Crippen LogP contribution in [-0.4, -0.2) is 30.2 Å². The first-order valence-corrected chi connectivity index (χ1v) is 10.1. The molecule has 164 valence electrons. The third kappa shape index (κ3) is 4.35.